The van der Waals surface area contributed by atoms with Crippen LogP contribution in [-0.4, -0.2) is 11.6 Å². The molecule has 0 saturated carbocycles. The van der Waals surface area contributed by atoms with Gasteiger partial charge in [0.15, 0.2) is 0 Å². The van der Waals surface area contributed by atoms with Gasteiger partial charge < -0.3 is 0 Å². The molecule has 14 heavy (non-hydrogen) atoms. The summed E-state index contributed by atoms with van der Waals surface area (Å²) in [5.74, 6) is 0.0415. The molecule has 0 aromatic heterocycles. The molecule has 0 spiro atoms. The van der Waals surface area contributed by atoms with Gasteiger partial charge in [-0.1, -0.05) is 41.5 Å². The molecule has 0 rings (SSSR count). The predicted molar refractivity (Wildman–Crippen MR) is 53.5 cm³/mol. The van der Waals surface area contributed by atoms with Gasteiger partial charge in [-0.05, 0) is 0 Å². The van der Waals surface area contributed by atoms with E-state index < -0.39 is 10.8 Å². The van der Waals surface area contributed by atoms with Gasteiger partial charge >= 0.3 is 0 Å². The molecular formula is C11H20DyO2. The summed E-state index contributed by atoms with van der Waals surface area (Å²) in [6.45, 7) is 11.0. The fourth-order valence-corrected chi connectivity index (χ4v) is 0.676. The summed E-state index contributed by atoms with van der Waals surface area (Å²) in [7, 11) is 0. The van der Waals surface area contributed by atoms with Gasteiger partial charge in [0.2, 0.25) is 0 Å². The number of ketones is 2. The molecule has 0 heterocycles. The minimum atomic E-state index is -0.402. The first kappa shape index (κ1) is 17.0. The topological polar surface area (TPSA) is 34.1 Å². The van der Waals surface area contributed by atoms with Crippen LogP contribution in [0.1, 0.15) is 48.0 Å². The van der Waals surface area contributed by atoms with Crippen molar-refractivity contribution in [2.45, 2.75) is 48.0 Å². The number of Topliss-reactive ketones (excluding diaryl/α,β-unsaturated/α-hetero) is 2. The molecule has 2 nitrogen and oxygen atoms in total. The Morgan fingerprint density at radius 3 is 1.14 bits per heavy atom. The van der Waals surface area contributed by atoms with Crippen LogP contribution < -0.4 is 0 Å². The Balaban J connectivity index is 0. The van der Waals surface area contributed by atoms with E-state index in [9.17, 15) is 9.59 Å². The van der Waals surface area contributed by atoms with E-state index in [-0.39, 0.29) is 56.2 Å². The van der Waals surface area contributed by atoms with Gasteiger partial charge in [-0.3, -0.25) is 9.59 Å². The average Bonchev–Trinajstić information content (AvgIpc) is 1.82. The van der Waals surface area contributed by atoms with Crippen LogP contribution in [0.2, 0.25) is 0 Å². The third-order valence-electron chi connectivity index (χ3n) is 1.99. The SMILES string of the molecule is CC(C)(C)C(=O)CC(=O)C(C)(C)C.[Dy]. The molecule has 0 aliphatic rings. The normalized spacial score (nSPS) is 11.9. The Hall–Kier alpha value is 0.613. The van der Waals surface area contributed by atoms with Crippen LogP contribution in [0.25, 0.3) is 0 Å². The van der Waals surface area contributed by atoms with Crippen LogP contribution in [0.5, 0.6) is 0 Å². The van der Waals surface area contributed by atoms with Crippen LogP contribution in [0.4, 0.5) is 0 Å². The summed E-state index contributed by atoms with van der Waals surface area (Å²) in [4.78, 5) is 23.0. The zero-order valence-electron chi connectivity index (χ0n) is 9.84. The standard InChI is InChI=1S/C11H20O2.Dy/c1-10(2,3)8(12)7-9(13)11(4,5)6;/h7H2,1-6H3;. The van der Waals surface area contributed by atoms with Crippen molar-refractivity contribution in [3.8, 4) is 0 Å². The van der Waals surface area contributed by atoms with E-state index in [1.165, 1.54) is 0 Å². The predicted octanol–water partition coefficient (Wildman–Crippen LogP) is 2.61. The summed E-state index contributed by atoms with van der Waals surface area (Å²) in [5.41, 5.74) is -0.804. The maximum atomic E-state index is 11.5. The first-order valence-electron chi connectivity index (χ1n) is 4.62. The number of hydrogen-bond donors (Lipinski definition) is 0. The second kappa shape index (κ2) is 5.63. The largest absolute Gasteiger partial charge is 0.299 e. The molecule has 0 atom stereocenters. The van der Waals surface area contributed by atoms with Crippen molar-refractivity contribution in [2.75, 3.05) is 0 Å². The monoisotopic (exact) mass is 348 g/mol. The molecular weight excluding hydrogens is 327 g/mol. The third-order valence-corrected chi connectivity index (χ3v) is 1.99. The van der Waals surface area contributed by atoms with Gasteiger partial charge in [0.1, 0.15) is 11.6 Å². The van der Waals surface area contributed by atoms with Gasteiger partial charge in [0.25, 0.3) is 0 Å². The molecule has 0 aromatic rings. The van der Waals surface area contributed by atoms with Crippen molar-refractivity contribution >= 4 is 11.6 Å². The maximum Gasteiger partial charge on any atom is 0.145 e. The van der Waals surface area contributed by atoms with Gasteiger partial charge in [0, 0.05) is 49.0 Å². The van der Waals surface area contributed by atoms with Gasteiger partial charge in [-0.15, -0.1) is 0 Å². The Morgan fingerprint density at radius 1 is 0.786 bits per heavy atom. The molecule has 3 heteroatoms. The van der Waals surface area contributed by atoms with Crippen molar-refractivity contribution in [1.29, 1.82) is 0 Å². The molecule has 0 amide bonds. The van der Waals surface area contributed by atoms with Gasteiger partial charge in [-0.25, -0.2) is 0 Å². The summed E-state index contributed by atoms with van der Waals surface area (Å²) in [6.07, 6.45) is 0.0625. The first-order chi connectivity index (χ1) is 5.55. The van der Waals surface area contributed by atoms with E-state index in [0.29, 0.717) is 0 Å². The molecule has 0 aromatic carbocycles. The molecule has 0 fully saturated rings. The zero-order valence-corrected chi connectivity index (χ0v) is 11.9. The first-order valence-corrected chi connectivity index (χ1v) is 4.62. The van der Waals surface area contributed by atoms with Crippen LogP contribution in [0, 0.1) is 49.0 Å². The molecule has 0 aliphatic carbocycles. The average molecular weight is 347 g/mol. The Labute approximate surface area is 117 Å². The van der Waals surface area contributed by atoms with Crippen molar-refractivity contribution in [1.82, 2.24) is 0 Å². The fraction of sp³-hybridized carbons (Fsp3) is 0.818. The molecule has 0 unspecified atom stereocenters. The van der Waals surface area contributed by atoms with Crippen LogP contribution in [-0.2, 0) is 9.59 Å². The molecule has 0 saturated heterocycles. The van der Waals surface area contributed by atoms with E-state index in [2.05, 4.69) is 0 Å². The van der Waals surface area contributed by atoms with Gasteiger partial charge in [0.05, 0.1) is 6.42 Å². The Morgan fingerprint density at radius 2 is 1.00 bits per heavy atom. The smallest absolute Gasteiger partial charge is 0.145 e. The molecule has 0 N–H and O–H groups in total. The Kier molecular flexibility index (Phi) is 6.84. The van der Waals surface area contributed by atoms with Crippen LogP contribution in [0.3, 0.4) is 0 Å². The quantitative estimate of drug-likeness (QED) is 0.720. The van der Waals surface area contributed by atoms with E-state index in [1.54, 1.807) is 0 Å². The van der Waals surface area contributed by atoms with Crippen LogP contribution >= 0.6 is 0 Å². The van der Waals surface area contributed by atoms with E-state index in [1.807, 2.05) is 41.5 Å². The molecule has 0 aliphatic heterocycles. The van der Waals surface area contributed by atoms with Crippen LogP contribution in [0.15, 0.2) is 0 Å². The molecule has 0 radical (unpaired) electrons. The molecule has 86 valence electrons. The van der Waals surface area contributed by atoms with Crippen molar-refractivity contribution < 1.29 is 47.8 Å². The summed E-state index contributed by atoms with van der Waals surface area (Å²) >= 11 is 0. The second-order valence-electron chi connectivity index (χ2n) is 5.52. The number of carbonyl (C=O) groups excluding carboxylic acids is 2. The minimum Gasteiger partial charge on any atom is -0.299 e. The second-order valence-corrected chi connectivity index (χ2v) is 5.52. The van der Waals surface area contributed by atoms with Gasteiger partial charge in [-0.2, -0.15) is 0 Å². The van der Waals surface area contributed by atoms with Crippen molar-refractivity contribution in [2.24, 2.45) is 10.8 Å². The molecule has 0 bridgehead atoms. The van der Waals surface area contributed by atoms with E-state index >= 15 is 0 Å². The van der Waals surface area contributed by atoms with E-state index in [0.717, 1.165) is 0 Å². The van der Waals surface area contributed by atoms with Crippen molar-refractivity contribution in [3.63, 3.8) is 0 Å². The van der Waals surface area contributed by atoms with E-state index in [4.69, 9.17) is 0 Å². The fourth-order valence-electron chi connectivity index (χ4n) is 0.676. The minimum absolute atomic E-state index is 0. The third kappa shape index (κ3) is 6.16. The Bertz CT molecular complexity index is 194. The summed E-state index contributed by atoms with van der Waals surface area (Å²) in [6, 6.07) is 0. The van der Waals surface area contributed by atoms with Crippen molar-refractivity contribution in [3.05, 3.63) is 0 Å². The maximum absolute atomic E-state index is 11.5. The number of hydrogen-bond acceptors (Lipinski definition) is 2. The summed E-state index contributed by atoms with van der Waals surface area (Å²) in [5, 5.41) is 0. The summed E-state index contributed by atoms with van der Waals surface area (Å²) < 4.78 is 0. The zero-order chi connectivity index (χ0) is 10.9. The number of carbonyl (C=O) groups is 2. The number of rotatable bonds is 2.